The van der Waals surface area contributed by atoms with Gasteiger partial charge in [0.15, 0.2) is 0 Å². The Hall–Kier alpha value is -5.22. The number of hydrogen-bond acceptors (Lipinski definition) is 7. The second-order valence-electron chi connectivity index (χ2n) is 9.00. The molecule has 204 valence electrons. The van der Waals surface area contributed by atoms with Gasteiger partial charge in [0, 0.05) is 17.4 Å². The maximum atomic E-state index is 12.8. The number of carbonyl (C=O) groups is 3. The molecule has 0 fully saturated rings. The first-order valence-corrected chi connectivity index (χ1v) is 12.3. The Morgan fingerprint density at radius 3 is 2.17 bits per heavy atom. The minimum Gasteiger partial charge on any atom is -0.489 e. The van der Waals surface area contributed by atoms with Crippen molar-refractivity contribution >= 4 is 23.5 Å². The van der Waals surface area contributed by atoms with Crippen molar-refractivity contribution in [2.75, 3.05) is 5.32 Å². The summed E-state index contributed by atoms with van der Waals surface area (Å²) in [7, 11) is 0. The molecule has 0 aliphatic heterocycles. The van der Waals surface area contributed by atoms with Crippen molar-refractivity contribution in [3.63, 3.8) is 0 Å². The molecule has 0 saturated carbocycles. The van der Waals surface area contributed by atoms with Crippen molar-refractivity contribution in [1.29, 1.82) is 0 Å². The summed E-state index contributed by atoms with van der Waals surface area (Å²) in [6.45, 7) is 0.511. The van der Waals surface area contributed by atoms with Crippen molar-refractivity contribution in [1.82, 2.24) is 4.98 Å². The van der Waals surface area contributed by atoms with E-state index < -0.39 is 17.9 Å². The fourth-order valence-corrected chi connectivity index (χ4v) is 3.72. The summed E-state index contributed by atoms with van der Waals surface area (Å²) in [6, 6.07) is 22.0. The molecule has 40 heavy (non-hydrogen) atoms. The number of aromatic nitrogens is 1. The van der Waals surface area contributed by atoms with Crippen molar-refractivity contribution in [2.24, 2.45) is 11.5 Å². The van der Waals surface area contributed by atoms with Gasteiger partial charge < -0.3 is 31.4 Å². The Morgan fingerprint density at radius 2 is 1.48 bits per heavy atom. The second kappa shape index (κ2) is 13.0. The summed E-state index contributed by atoms with van der Waals surface area (Å²) < 4.78 is 11.5. The van der Waals surface area contributed by atoms with Gasteiger partial charge in [-0.1, -0.05) is 36.4 Å². The van der Waals surface area contributed by atoms with Crippen LogP contribution in [0.2, 0.25) is 0 Å². The maximum absolute atomic E-state index is 12.8. The quantitative estimate of drug-likeness (QED) is 0.212. The minimum atomic E-state index is -1.04. The van der Waals surface area contributed by atoms with Gasteiger partial charge in [-0.3, -0.25) is 19.4 Å². The highest BCUT2D eigenvalue weighted by atomic mass is 16.5. The molecule has 10 heteroatoms. The lowest BCUT2D eigenvalue weighted by Gasteiger charge is -2.11. The summed E-state index contributed by atoms with van der Waals surface area (Å²) in [5.74, 6) is -0.850. The lowest BCUT2D eigenvalue weighted by Crippen LogP contribution is -2.32. The molecule has 0 spiro atoms. The minimum absolute atomic E-state index is 0.209. The van der Waals surface area contributed by atoms with Gasteiger partial charge in [-0.15, -0.1) is 0 Å². The van der Waals surface area contributed by atoms with E-state index in [1.54, 1.807) is 54.6 Å². The standard InChI is InChI=1S/C30H28N4O6/c31-27(30(37)38)13-19-6-10-25(11-7-19)39-17-20-4-8-22(9-5-20)29(36)34-24-3-1-2-21(12-24)18-40-26-14-23(28(32)35)15-33-16-26/h1-12,14-16,27H,13,17-18,31H2,(H2,32,35)(H,34,36)(H,37,38)/t27-/m0/s1. The van der Waals surface area contributed by atoms with Gasteiger partial charge in [-0.25, -0.2) is 0 Å². The van der Waals surface area contributed by atoms with Gasteiger partial charge in [0.1, 0.15) is 30.8 Å². The van der Waals surface area contributed by atoms with Crippen LogP contribution in [-0.2, 0) is 24.4 Å². The lowest BCUT2D eigenvalue weighted by atomic mass is 10.1. The summed E-state index contributed by atoms with van der Waals surface area (Å²) in [5.41, 5.74) is 14.7. The van der Waals surface area contributed by atoms with Crippen molar-refractivity contribution in [3.8, 4) is 11.5 Å². The molecule has 1 aromatic heterocycles. The topological polar surface area (TPSA) is 167 Å². The SMILES string of the molecule is NC(=O)c1cncc(OCc2cccc(NC(=O)c3ccc(COc4ccc(C[C@H](N)C(=O)O)cc4)cc3)c2)c1. The predicted octanol–water partition coefficient (Wildman–Crippen LogP) is 3.55. The fourth-order valence-electron chi connectivity index (χ4n) is 3.72. The van der Waals surface area contributed by atoms with E-state index in [0.717, 1.165) is 16.7 Å². The van der Waals surface area contributed by atoms with E-state index in [4.69, 9.17) is 26.0 Å². The van der Waals surface area contributed by atoms with E-state index in [2.05, 4.69) is 10.3 Å². The lowest BCUT2D eigenvalue weighted by molar-refractivity contribution is -0.138. The number of pyridine rings is 1. The number of amides is 2. The van der Waals surface area contributed by atoms with Crippen LogP contribution in [0.1, 0.15) is 37.4 Å². The van der Waals surface area contributed by atoms with Gasteiger partial charge in [-0.05, 0) is 65.6 Å². The molecule has 6 N–H and O–H groups in total. The number of nitrogens with two attached hydrogens (primary N) is 2. The highest BCUT2D eigenvalue weighted by Crippen LogP contribution is 2.18. The van der Waals surface area contributed by atoms with E-state index in [-0.39, 0.29) is 24.5 Å². The third-order valence-corrected chi connectivity index (χ3v) is 5.91. The Labute approximate surface area is 230 Å². The molecule has 0 radical (unpaired) electrons. The first-order valence-electron chi connectivity index (χ1n) is 12.3. The van der Waals surface area contributed by atoms with E-state index in [9.17, 15) is 14.4 Å². The Kier molecular flexibility index (Phi) is 9.06. The van der Waals surface area contributed by atoms with E-state index in [1.165, 1.54) is 18.5 Å². The number of benzene rings is 3. The van der Waals surface area contributed by atoms with Crippen LogP contribution in [-0.4, -0.2) is 33.9 Å². The summed E-state index contributed by atoms with van der Waals surface area (Å²) in [4.78, 5) is 38.9. The summed E-state index contributed by atoms with van der Waals surface area (Å²) >= 11 is 0. The zero-order valence-corrected chi connectivity index (χ0v) is 21.4. The molecule has 0 unspecified atom stereocenters. The maximum Gasteiger partial charge on any atom is 0.320 e. The zero-order valence-electron chi connectivity index (χ0n) is 21.4. The molecule has 4 aromatic rings. The number of primary amides is 1. The third-order valence-electron chi connectivity index (χ3n) is 5.91. The molecule has 1 atom stereocenters. The number of carbonyl (C=O) groups excluding carboxylic acids is 2. The van der Waals surface area contributed by atoms with Crippen LogP contribution >= 0.6 is 0 Å². The first kappa shape index (κ1) is 27.8. The smallest absolute Gasteiger partial charge is 0.320 e. The average Bonchev–Trinajstić information content (AvgIpc) is 2.96. The number of aliphatic carboxylic acids is 1. The van der Waals surface area contributed by atoms with Crippen LogP contribution in [0.15, 0.2) is 91.3 Å². The number of ether oxygens (including phenoxy) is 2. The Balaban J connectivity index is 1.28. The number of anilines is 1. The van der Waals surface area contributed by atoms with E-state index >= 15 is 0 Å². The number of carboxylic acids is 1. The number of hydrogen-bond donors (Lipinski definition) is 4. The Bertz CT molecular complexity index is 1490. The molecule has 0 aliphatic carbocycles. The molecule has 2 amide bonds. The van der Waals surface area contributed by atoms with Crippen molar-refractivity contribution < 1.29 is 29.0 Å². The monoisotopic (exact) mass is 540 g/mol. The molecule has 4 rings (SSSR count). The van der Waals surface area contributed by atoms with Gasteiger partial charge in [0.05, 0.1) is 11.8 Å². The van der Waals surface area contributed by atoms with Crippen molar-refractivity contribution in [3.05, 3.63) is 119 Å². The van der Waals surface area contributed by atoms with Crippen LogP contribution in [0.25, 0.3) is 0 Å². The van der Waals surface area contributed by atoms with Crippen LogP contribution < -0.4 is 26.3 Å². The fraction of sp³-hybridized carbons (Fsp3) is 0.133. The van der Waals surface area contributed by atoms with Gasteiger partial charge in [0.25, 0.3) is 5.91 Å². The van der Waals surface area contributed by atoms with Crippen LogP contribution in [0.5, 0.6) is 11.5 Å². The summed E-state index contributed by atoms with van der Waals surface area (Å²) in [6.07, 6.45) is 3.10. The molecule has 3 aromatic carbocycles. The molecule has 10 nitrogen and oxygen atoms in total. The predicted molar refractivity (Wildman–Crippen MR) is 148 cm³/mol. The first-order chi connectivity index (χ1) is 19.3. The van der Waals surface area contributed by atoms with Crippen LogP contribution in [0, 0.1) is 0 Å². The number of rotatable bonds is 12. The zero-order chi connectivity index (χ0) is 28.5. The summed E-state index contributed by atoms with van der Waals surface area (Å²) in [5, 5.41) is 11.8. The number of nitrogens with one attached hydrogen (secondary N) is 1. The molecule has 1 heterocycles. The van der Waals surface area contributed by atoms with Gasteiger partial charge in [0.2, 0.25) is 5.91 Å². The molecular weight excluding hydrogens is 512 g/mol. The highest BCUT2D eigenvalue weighted by molar-refractivity contribution is 6.04. The third kappa shape index (κ3) is 7.89. The second-order valence-corrected chi connectivity index (χ2v) is 9.00. The molecule has 0 bridgehead atoms. The van der Waals surface area contributed by atoms with Gasteiger partial charge in [-0.2, -0.15) is 0 Å². The van der Waals surface area contributed by atoms with Crippen molar-refractivity contribution in [2.45, 2.75) is 25.7 Å². The normalized spacial score (nSPS) is 11.3. The highest BCUT2D eigenvalue weighted by Gasteiger charge is 2.12. The van der Waals surface area contributed by atoms with Crippen LogP contribution in [0.3, 0.4) is 0 Å². The van der Waals surface area contributed by atoms with E-state index in [1.807, 2.05) is 18.2 Å². The van der Waals surface area contributed by atoms with Crippen LogP contribution in [0.4, 0.5) is 5.69 Å². The largest absolute Gasteiger partial charge is 0.489 e. The number of carboxylic acid groups (broad SMARTS) is 1. The number of nitrogens with zero attached hydrogens (tertiary/aromatic N) is 1. The van der Waals surface area contributed by atoms with E-state index in [0.29, 0.717) is 29.4 Å². The molecule has 0 aliphatic rings. The molecular formula is C30H28N4O6. The average molecular weight is 541 g/mol. The molecule has 0 saturated heterocycles. The Morgan fingerprint density at radius 1 is 0.800 bits per heavy atom. The van der Waals surface area contributed by atoms with Gasteiger partial charge >= 0.3 is 5.97 Å².